The summed E-state index contributed by atoms with van der Waals surface area (Å²) in [7, 11) is 0. The predicted octanol–water partition coefficient (Wildman–Crippen LogP) is 1.70. The van der Waals surface area contributed by atoms with E-state index in [-0.39, 0.29) is 6.61 Å². The molecule has 0 aromatic rings. The highest BCUT2D eigenvalue weighted by Crippen LogP contribution is 1.92. The summed E-state index contributed by atoms with van der Waals surface area (Å²) < 4.78 is 9.34. The minimum absolute atomic E-state index is 0.225. The third kappa shape index (κ3) is 8.07. The predicted molar refractivity (Wildman–Crippen MR) is 41.5 cm³/mol. The van der Waals surface area contributed by atoms with Crippen molar-refractivity contribution >= 4 is 28.8 Å². The van der Waals surface area contributed by atoms with E-state index in [9.17, 15) is 4.79 Å². The third-order valence-electron chi connectivity index (χ3n) is 0.644. The van der Waals surface area contributed by atoms with Crippen molar-refractivity contribution < 1.29 is 14.3 Å². The van der Waals surface area contributed by atoms with Crippen molar-refractivity contribution in [1.29, 1.82) is 0 Å². The Bertz CT molecular complexity index is 98.9. The van der Waals surface area contributed by atoms with Gasteiger partial charge in [0.1, 0.15) is 6.61 Å². The van der Waals surface area contributed by atoms with E-state index in [1.54, 1.807) is 11.8 Å². The van der Waals surface area contributed by atoms with Crippen LogP contribution in [0.2, 0.25) is 0 Å². The number of ether oxygens (including phenoxy) is 2. The quantitative estimate of drug-likeness (QED) is 0.370. The topological polar surface area (TPSA) is 35.5 Å². The molecule has 0 rings (SSSR count). The molecule has 0 unspecified atom stereocenters. The fraction of sp³-hybridized carbons (Fsp3) is 0.800. The minimum atomic E-state index is -0.784. The lowest BCUT2D eigenvalue weighted by Gasteiger charge is -2.00. The van der Waals surface area contributed by atoms with Gasteiger partial charge in [0, 0.05) is 11.6 Å². The zero-order chi connectivity index (χ0) is 7.82. The molecule has 0 saturated carbocycles. The van der Waals surface area contributed by atoms with Crippen molar-refractivity contribution in [2.45, 2.75) is 0 Å². The van der Waals surface area contributed by atoms with Crippen LogP contribution in [0.25, 0.3) is 0 Å². The number of carbonyl (C=O) groups is 1. The Balaban J connectivity index is 2.84. The molecule has 0 spiro atoms. The van der Waals surface area contributed by atoms with Gasteiger partial charge in [-0.1, -0.05) is 0 Å². The summed E-state index contributed by atoms with van der Waals surface area (Å²) >= 11 is 6.43. The van der Waals surface area contributed by atoms with Gasteiger partial charge in [-0.3, -0.25) is 0 Å². The van der Waals surface area contributed by atoms with Gasteiger partial charge in [-0.2, -0.15) is 0 Å². The van der Waals surface area contributed by atoms with Crippen molar-refractivity contribution in [1.82, 2.24) is 0 Å². The van der Waals surface area contributed by atoms with Crippen molar-refractivity contribution in [2.75, 3.05) is 25.4 Å². The van der Waals surface area contributed by atoms with Crippen LogP contribution in [0, 0.1) is 0 Å². The lowest BCUT2D eigenvalue weighted by Crippen LogP contribution is -2.04. The van der Waals surface area contributed by atoms with Crippen LogP contribution in [-0.2, 0) is 9.47 Å². The molecule has 0 fully saturated rings. The summed E-state index contributed by atoms with van der Waals surface area (Å²) in [6.45, 7) is 0.627. The molecule has 5 heteroatoms. The summed E-state index contributed by atoms with van der Waals surface area (Å²) in [4.78, 5) is 9.96. The maximum Gasteiger partial charge on any atom is 0.403 e. The lowest BCUT2D eigenvalue weighted by atomic mass is 10.8. The molecule has 0 amide bonds. The molecule has 0 N–H and O–H groups in total. The Morgan fingerprint density at radius 1 is 1.60 bits per heavy atom. The highest BCUT2D eigenvalue weighted by molar-refractivity contribution is 7.98. The van der Waals surface area contributed by atoms with Gasteiger partial charge in [-0.15, -0.1) is 11.8 Å². The SMILES string of the molecule is CSCOCCOC(=O)Cl. The van der Waals surface area contributed by atoms with Crippen LogP contribution < -0.4 is 0 Å². The van der Waals surface area contributed by atoms with E-state index in [0.29, 0.717) is 12.5 Å². The second kappa shape index (κ2) is 7.18. The molecule has 3 nitrogen and oxygen atoms in total. The lowest BCUT2D eigenvalue weighted by molar-refractivity contribution is 0.107. The van der Waals surface area contributed by atoms with Crippen LogP contribution in [0.5, 0.6) is 0 Å². The minimum Gasteiger partial charge on any atom is -0.451 e. The van der Waals surface area contributed by atoms with E-state index < -0.39 is 5.43 Å². The summed E-state index contributed by atoms with van der Waals surface area (Å²) in [6, 6.07) is 0. The van der Waals surface area contributed by atoms with Gasteiger partial charge in [0.2, 0.25) is 0 Å². The smallest absolute Gasteiger partial charge is 0.403 e. The molecule has 0 aliphatic heterocycles. The number of carbonyl (C=O) groups excluding carboxylic acids is 1. The van der Waals surface area contributed by atoms with Crippen LogP contribution in [0.1, 0.15) is 0 Å². The first-order valence-electron chi connectivity index (χ1n) is 2.66. The number of hydrogen-bond donors (Lipinski definition) is 0. The highest BCUT2D eigenvalue weighted by Gasteiger charge is 1.93. The summed E-state index contributed by atoms with van der Waals surface area (Å²) in [5.41, 5.74) is -0.784. The molecule has 0 bridgehead atoms. The Hall–Kier alpha value is 0.0700. The van der Waals surface area contributed by atoms with E-state index in [2.05, 4.69) is 4.74 Å². The zero-order valence-corrected chi connectivity index (χ0v) is 7.20. The van der Waals surface area contributed by atoms with Crippen molar-refractivity contribution in [3.8, 4) is 0 Å². The summed E-state index contributed by atoms with van der Waals surface area (Å²) in [5, 5.41) is 0. The van der Waals surface area contributed by atoms with Crippen molar-refractivity contribution in [2.24, 2.45) is 0 Å². The number of hydrogen-bond acceptors (Lipinski definition) is 4. The highest BCUT2D eigenvalue weighted by atomic mass is 35.5. The summed E-state index contributed by atoms with van der Waals surface area (Å²) in [5.74, 6) is 0.611. The maximum atomic E-state index is 9.96. The zero-order valence-electron chi connectivity index (χ0n) is 5.63. The van der Waals surface area contributed by atoms with Crippen LogP contribution in [0.15, 0.2) is 0 Å². The molecule has 0 atom stereocenters. The van der Waals surface area contributed by atoms with Crippen LogP contribution >= 0.6 is 23.4 Å². The van der Waals surface area contributed by atoms with Gasteiger partial charge >= 0.3 is 5.43 Å². The molecule has 0 aliphatic rings. The second-order valence-electron chi connectivity index (χ2n) is 1.40. The van der Waals surface area contributed by atoms with Crippen molar-refractivity contribution in [3.63, 3.8) is 0 Å². The Labute approximate surface area is 69.0 Å². The normalized spacial score (nSPS) is 9.40. The number of rotatable bonds is 5. The van der Waals surface area contributed by atoms with Gasteiger partial charge in [0.15, 0.2) is 0 Å². The average Bonchev–Trinajstić information content (AvgIpc) is 1.87. The first-order chi connectivity index (χ1) is 4.77. The largest absolute Gasteiger partial charge is 0.451 e. The molecule has 0 aliphatic carbocycles. The molecular weight excluding hydrogens is 176 g/mol. The first-order valence-corrected chi connectivity index (χ1v) is 4.43. The van der Waals surface area contributed by atoms with Gasteiger partial charge < -0.3 is 9.47 Å². The molecule has 0 aromatic carbocycles. The van der Waals surface area contributed by atoms with E-state index in [0.717, 1.165) is 0 Å². The first kappa shape index (κ1) is 10.1. The molecule has 0 radical (unpaired) electrons. The van der Waals surface area contributed by atoms with E-state index in [4.69, 9.17) is 16.3 Å². The van der Waals surface area contributed by atoms with Gasteiger partial charge in [0.05, 0.1) is 12.5 Å². The molecular formula is C5H9ClO3S. The molecule has 0 saturated heterocycles. The van der Waals surface area contributed by atoms with Crippen molar-refractivity contribution in [3.05, 3.63) is 0 Å². The third-order valence-corrected chi connectivity index (χ3v) is 1.16. The van der Waals surface area contributed by atoms with Crippen LogP contribution in [-0.4, -0.2) is 30.8 Å². The number of halogens is 1. The van der Waals surface area contributed by atoms with E-state index >= 15 is 0 Å². The second-order valence-corrected chi connectivity index (χ2v) is 2.52. The van der Waals surface area contributed by atoms with Gasteiger partial charge in [-0.05, 0) is 6.26 Å². The molecule has 0 heterocycles. The van der Waals surface area contributed by atoms with Gasteiger partial charge in [0.25, 0.3) is 0 Å². The van der Waals surface area contributed by atoms with E-state index in [1.807, 2.05) is 6.26 Å². The monoisotopic (exact) mass is 184 g/mol. The molecule has 60 valence electrons. The summed E-state index contributed by atoms with van der Waals surface area (Å²) in [6.07, 6.45) is 1.92. The van der Waals surface area contributed by atoms with E-state index in [1.165, 1.54) is 0 Å². The number of thioether (sulfide) groups is 1. The van der Waals surface area contributed by atoms with Gasteiger partial charge in [-0.25, -0.2) is 4.79 Å². The molecule has 0 aromatic heterocycles. The Morgan fingerprint density at radius 2 is 2.30 bits per heavy atom. The fourth-order valence-corrected chi connectivity index (χ4v) is 0.685. The Kier molecular flexibility index (Phi) is 7.23. The Morgan fingerprint density at radius 3 is 2.80 bits per heavy atom. The fourth-order valence-electron chi connectivity index (χ4n) is 0.323. The van der Waals surface area contributed by atoms with Crippen LogP contribution in [0.3, 0.4) is 0 Å². The molecule has 10 heavy (non-hydrogen) atoms. The average molecular weight is 185 g/mol. The standard InChI is InChI=1S/C5H9ClO3S/c1-10-4-8-2-3-9-5(6)7/h2-4H2,1H3. The maximum absolute atomic E-state index is 9.96. The van der Waals surface area contributed by atoms with Crippen LogP contribution in [0.4, 0.5) is 4.79 Å².